The van der Waals surface area contributed by atoms with Crippen molar-refractivity contribution in [2.24, 2.45) is 9.98 Å². The first-order valence-corrected chi connectivity index (χ1v) is 8.30. The highest BCUT2D eigenvalue weighted by Gasteiger charge is 1.99. The maximum absolute atomic E-state index is 4.61. The van der Waals surface area contributed by atoms with E-state index in [1.165, 1.54) is 5.56 Å². The van der Waals surface area contributed by atoms with Gasteiger partial charge < -0.3 is 0 Å². The molecule has 3 aromatic rings. The van der Waals surface area contributed by atoms with Crippen LogP contribution in [0.15, 0.2) is 70.6 Å². The van der Waals surface area contributed by atoms with Crippen molar-refractivity contribution in [3.8, 4) is 0 Å². The predicted octanol–water partition coefficient (Wildman–Crippen LogP) is 5.51. The van der Waals surface area contributed by atoms with Crippen molar-refractivity contribution >= 4 is 23.8 Å². The van der Waals surface area contributed by atoms with Crippen LogP contribution in [0.4, 0.5) is 11.4 Å². The lowest BCUT2D eigenvalue weighted by Crippen LogP contribution is -1.93. The minimum atomic E-state index is 0.811. The summed E-state index contributed by atoms with van der Waals surface area (Å²) in [4.78, 5) is 13.7. The Labute approximate surface area is 148 Å². The van der Waals surface area contributed by atoms with Crippen LogP contribution in [0.25, 0.3) is 0 Å². The van der Waals surface area contributed by atoms with Crippen molar-refractivity contribution < 1.29 is 0 Å². The van der Waals surface area contributed by atoms with E-state index in [-0.39, 0.29) is 0 Å². The van der Waals surface area contributed by atoms with Crippen LogP contribution in [-0.2, 0) is 0 Å². The molecule has 0 N–H and O–H groups in total. The number of benzene rings is 2. The molecule has 1 aromatic heterocycles. The van der Waals surface area contributed by atoms with Crippen LogP contribution in [0.5, 0.6) is 0 Å². The van der Waals surface area contributed by atoms with E-state index in [4.69, 9.17) is 0 Å². The number of hydrogen-bond acceptors (Lipinski definition) is 3. The Hall–Kier alpha value is -3.07. The van der Waals surface area contributed by atoms with Gasteiger partial charge in [-0.25, -0.2) is 4.98 Å². The van der Waals surface area contributed by atoms with Crippen LogP contribution < -0.4 is 0 Å². The third kappa shape index (κ3) is 4.48. The lowest BCUT2D eigenvalue weighted by atomic mass is 10.1. The molecule has 0 aliphatic heterocycles. The first-order valence-electron chi connectivity index (χ1n) is 8.30. The Morgan fingerprint density at radius 2 is 1.24 bits per heavy atom. The second kappa shape index (κ2) is 7.67. The Bertz CT molecular complexity index is 902. The molecular weight excluding hydrogens is 306 g/mol. The number of rotatable bonds is 4. The van der Waals surface area contributed by atoms with Crippen LogP contribution in [0.3, 0.4) is 0 Å². The zero-order valence-electron chi connectivity index (χ0n) is 14.8. The molecule has 0 unspecified atom stereocenters. The van der Waals surface area contributed by atoms with E-state index < -0.39 is 0 Å². The fraction of sp³-hybridized carbons (Fsp3) is 0.136. The third-order valence-corrected chi connectivity index (χ3v) is 3.94. The minimum Gasteiger partial charge on any atom is -0.255 e. The molecule has 0 atom stereocenters. The highest BCUT2D eigenvalue weighted by molar-refractivity contribution is 5.84. The molecule has 3 heteroatoms. The van der Waals surface area contributed by atoms with E-state index in [9.17, 15) is 0 Å². The molecule has 124 valence electrons. The number of para-hydroxylation sites is 1. The molecule has 25 heavy (non-hydrogen) atoms. The van der Waals surface area contributed by atoms with Crippen LogP contribution in [0.1, 0.15) is 28.1 Å². The lowest BCUT2D eigenvalue weighted by Gasteiger charge is -2.03. The molecule has 0 radical (unpaired) electrons. The van der Waals surface area contributed by atoms with Crippen LogP contribution in [0.2, 0.25) is 0 Å². The average Bonchev–Trinajstić information content (AvgIpc) is 2.61. The Balaban J connectivity index is 1.79. The van der Waals surface area contributed by atoms with Crippen molar-refractivity contribution in [2.75, 3.05) is 0 Å². The minimum absolute atomic E-state index is 0.811. The average molecular weight is 327 g/mol. The summed E-state index contributed by atoms with van der Waals surface area (Å²) in [6, 6.07) is 20.1. The van der Waals surface area contributed by atoms with Crippen molar-refractivity contribution in [2.45, 2.75) is 20.8 Å². The van der Waals surface area contributed by atoms with Crippen LogP contribution in [0, 0.1) is 20.8 Å². The van der Waals surface area contributed by atoms with Gasteiger partial charge in [-0.1, -0.05) is 42.0 Å². The van der Waals surface area contributed by atoms with Gasteiger partial charge in [0.05, 0.1) is 35.2 Å². The SMILES string of the molecule is Cc1ccc(N=Cc2cccc(C=Nc3c(C)cccc3C)n2)cc1. The van der Waals surface area contributed by atoms with Gasteiger partial charge in [0.15, 0.2) is 0 Å². The number of hydrogen-bond donors (Lipinski definition) is 0. The zero-order chi connectivity index (χ0) is 17.6. The van der Waals surface area contributed by atoms with Gasteiger partial charge in [-0.2, -0.15) is 0 Å². The largest absolute Gasteiger partial charge is 0.255 e. The van der Waals surface area contributed by atoms with Crippen LogP contribution >= 0.6 is 0 Å². The maximum Gasteiger partial charge on any atom is 0.0820 e. The molecule has 3 nitrogen and oxygen atoms in total. The first-order chi connectivity index (χ1) is 12.1. The summed E-state index contributed by atoms with van der Waals surface area (Å²) in [7, 11) is 0. The zero-order valence-corrected chi connectivity index (χ0v) is 14.8. The fourth-order valence-electron chi connectivity index (χ4n) is 2.52. The number of aryl methyl sites for hydroxylation is 3. The fourth-order valence-corrected chi connectivity index (χ4v) is 2.52. The quantitative estimate of drug-likeness (QED) is 0.582. The van der Waals surface area contributed by atoms with Gasteiger partial charge in [0.25, 0.3) is 0 Å². The molecule has 0 spiro atoms. The molecule has 2 aromatic carbocycles. The van der Waals surface area contributed by atoms with Gasteiger partial charge >= 0.3 is 0 Å². The van der Waals surface area contributed by atoms with Crippen molar-refractivity contribution in [1.82, 2.24) is 4.98 Å². The molecule has 0 saturated heterocycles. The Kier molecular flexibility index (Phi) is 5.14. The Morgan fingerprint density at radius 3 is 1.88 bits per heavy atom. The highest BCUT2D eigenvalue weighted by atomic mass is 14.8. The highest BCUT2D eigenvalue weighted by Crippen LogP contribution is 2.22. The molecule has 0 bridgehead atoms. The van der Waals surface area contributed by atoms with E-state index in [0.29, 0.717) is 0 Å². The van der Waals surface area contributed by atoms with Gasteiger partial charge in [-0.3, -0.25) is 9.98 Å². The Morgan fingerprint density at radius 1 is 0.680 bits per heavy atom. The summed E-state index contributed by atoms with van der Waals surface area (Å²) in [6.45, 7) is 6.20. The van der Waals surface area contributed by atoms with Crippen molar-refractivity contribution in [1.29, 1.82) is 0 Å². The molecule has 0 aliphatic rings. The number of aliphatic imine (C=N–C) groups is 2. The molecule has 0 saturated carbocycles. The van der Waals surface area contributed by atoms with Gasteiger partial charge in [-0.05, 0) is 56.2 Å². The normalized spacial score (nSPS) is 11.5. The molecule has 3 rings (SSSR count). The topological polar surface area (TPSA) is 37.6 Å². The maximum atomic E-state index is 4.61. The number of pyridine rings is 1. The number of aromatic nitrogens is 1. The summed E-state index contributed by atoms with van der Waals surface area (Å²) in [6.07, 6.45) is 3.58. The van der Waals surface area contributed by atoms with Crippen LogP contribution in [-0.4, -0.2) is 17.4 Å². The summed E-state index contributed by atoms with van der Waals surface area (Å²) in [5.74, 6) is 0. The summed E-state index contributed by atoms with van der Waals surface area (Å²) < 4.78 is 0. The van der Waals surface area contributed by atoms with Crippen molar-refractivity contribution in [3.05, 3.63) is 88.7 Å². The van der Waals surface area contributed by atoms with Gasteiger partial charge in [-0.15, -0.1) is 0 Å². The lowest BCUT2D eigenvalue weighted by molar-refractivity contribution is 1.27. The second-order valence-corrected chi connectivity index (χ2v) is 6.08. The predicted molar refractivity (Wildman–Crippen MR) is 106 cm³/mol. The molecule has 0 amide bonds. The van der Waals surface area contributed by atoms with E-state index in [1.807, 2.05) is 48.5 Å². The summed E-state index contributed by atoms with van der Waals surface area (Å²) >= 11 is 0. The standard InChI is InChI=1S/C22H21N3/c1-16-10-12-19(13-11-16)23-14-20-8-5-9-21(25-20)15-24-22-17(2)6-4-7-18(22)3/h4-15H,1-3H3. The van der Waals surface area contributed by atoms with E-state index >= 15 is 0 Å². The molecule has 0 aliphatic carbocycles. The van der Waals surface area contributed by atoms with Crippen molar-refractivity contribution in [3.63, 3.8) is 0 Å². The number of nitrogens with zero attached hydrogens (tertiary/aromatic N) is 3. The smallest absolute Gasteiger partial charge is 0.0820 e. The molecule has 0 fully saturated rings. The van der Waals surface area contributed by atoms with E-state index in [1.54, 1.807) is 12.4 Å². The van der Waals surface area contributed by atoms with E-state index in [0.717, 1.165) is 33.9 Å². The summed E-state index contributed by atoms with van der Waals surface area (Å²) in [5.41, 5.74) is 7.09. The van der Waals surface area contributed by atoms with Gasteiger partial charge in [0.2, 0.25) is 0 Å². The van der Waals surface area contributed by atoms with Gasteiger partial charge in [0, 0.05) is 0 Å². The van der Waals surface area contributed by atoms with E-state index in [2.05, 4.69) is 47.9 Å². The summed E-state index contributed by atoms with van der Waals surface area (Å²) in [5, 5.41) is 0. The second-order valence-electron chi connectivity index (χ2n) is 6.08. The molecule has 1 heterocycles. The first kappa shape index (κ1) is 16.8. The monoisotopic (exact) mass is 327 g/mol. The third-order valence-electron chi connectivity index (χ3n) is 3.94. The molecular formula is C22H21N3. The van der Waals surface area contributed by atoms with Gasteiger partial charge in [0.1, 0.15) is 0 Å².